The van der Waals surface area contributed by atoms with Crippen LogP contribution in [0.2, 0.25) is 0 Å². The van der Waals surface area contributed by atoms with Gasteiger partial charge in [-0.05, 0) is 93.2 Å². The van der Waals surface area contributed by atoms with Gasteiger partial charge in [-0.2, -0.15) is 0 Å². The van der Waals surface area contributed by atoms with Crippen molar-refractivity contribution >= 4 is 34.1 Å². The molecule has 28 heavy (non-hydrogen) atoms. The molecule has 4 nitrogen and oxygen atoms in total. The van der Waals surface area contributed by atoms with E-state index in [9.17, 15) is 0 Å². The highest BCUT2D eigenvalue weighted by molar-refractivity contribution is 7.80. The van der Waals surface area contributed by atoms with Gasteiger partial charge in [0.15, 0.2) is 5.11 Å². The van der Waals surface area contributed by atoms with Crippen molar-refractivity contribution in [1.29, 1.82) is 0 Å². The lowest BCUT2D eigenvalue weighted by Gasteiger charge is -2.33. The zero-order chi connectivity index (χ0) is 19.8. The number of hydrogen-bond donors (Lipinski definition) is 2. The highest BCUT2D eigenvalue weighted by Gasteiger charge is 2.24. The summed E-state index contributed by atoms with van der Waals surface area (Å²) < 4.78 is 0. The fraction of sp³-hybridized carbons (Fsp3) is 0.391. The van der Waals surface area contributed by atoms with Crippen LogP contribution in [-0.2, 0) is 0 Å². The quantitative estimate of drug-likeness (QED) is 0.575. The summed E-state index contributed by atoms with van der Waals surface area (Å²) in [4.78, 5) is 10.7. The Bertz CT molecular complexity index is 990. The number of anilines is 1. The highest BCUT2D eigenvalue weighted by atomic mass is 32.1. The summed E-state index contributed by atoms with van der Waals surface area (Å²) in [7, 11) is 0. The molecule has 0 radical (unpaired) electrons. The molecule has 2 aromatic carbocycles. The van der Waals surface area contributed by atoms with E-state index in [0.717, 1.165) is 53.6 Å². The van der Waals surface area contributed by atoms with Gasteiger partial charge in [-0.15, -0.1) is 0 Å². The second-order valence-corrected chi connectivity index (χ2v) is 8.40. The topological polar surface area (TPSA) is 44.0 Å². The maximum Gasteiger partial charge on any atom is 0.173 e. The van der Waals surface area contributed by atoms with Crippen LogP contribution >= 0.6 is 12.2 Å². The van der Waals surface area contributed by atoms with Crippen LogP contribution in [0.25, 0.3) is 11.0 Å². The van der Waals surface area contributed by atoms with Crippen LogP contribution in [0.4, 0.5) is 5.69 Å². The van der Waals surface area contributed by atoms with E-state index in [4.69, 9.17) is 17.2 Å². The molecular formula is C23H28N4S. The molecule has 2 N–H and O–H groups in total. The van der Waals surface area contributed by atoms with Crippen molar-refractivity contribution in [1.82, 2.24) is 14.9 Å². The second kappa shape index (κ2) is 7.55. The first-order valence-corrected chi connectivity index (χ1v) is 10.4. The zero-order valence-electron chi connectivity index (χ0n) is 17.1. The van der Waals surface area contributed by atoms with Crippen LogP contribution in [0.1, 0.15) is 46.8 Å². The standard InChI is InChI=1S/C23H28N4S/c1-14-6-5-7-19(17(14)4)26-23(28)27-10-8-18(9-11-27)22-24-20-12-15(2)16(3)13-21(20)25-22/h5-7,12-13,18H,8-11H2,1-4H3,(H,24,25)(H,26,28). The number of likely N-dealkylation sites (tertiary alicyclic amines) is 1. The first kappa shape index (κ1) is 18.9. The number of H-pyrrole nitrogens is 1. The van der Waals surface area contributed by atoms with Crippen molar-refractivity contribution < 1.29 is 0 Å². The van der Waals surface area contributed by atoms with Crippen molar-refractivity contribution in [2.75, 3.05) is 18.4 Å². The summed E-state index contributed by atoms with van der Waals surface area (Å²) in [5.74, 6) is 1.58. The summed E-state index contributed by atoms with van der Waals surface area (Å²) in [6.45, 7) is 10.5. The predicted octanol–water partition coefficient (Wildman–Crippen LogP) is 5.37. The van der Waals surface area contributed by atoms with Gasteiger partial charge in [0, 0.05) is 24.7 Å². The maximum absolute atomic E-state index is 5.69. The van der Waals surface area contributed by atoms with E-state index in [1.165, 1.54) is 22.3 Å². The highest BCUT2D eigenvalue weighted by Crippen LogP contribution is 2.29. The van der Waals surface area contributed by atoms with Gasteiger partial charge in [-0.25, -0.2) is 4.98 Å². The third-order valence-corrected chi connectivity index (χ3v) is 6.49. The van der Waals surface area contributed by atoms with Crippen LogP contribution in [0, 0.1) is 27.7 Å². The zero-order valence-corrected chi connectivity index (χ0v) is 17.9. The van der Waals surface area contributed by atoms with Crippen LogP contribution in [0.15, 0.2) is 30.3 Å². The van der Waals surface area contributed by atoms with Crippen molar-refractivity contribution in [3.05, 3.63) is 58.4 Å². The van der Waals surface area contributed by atoms with Crippen molar-refractivity contribution in [3.8, 4) is 0 Å². The summed E-state index contributed by atoms with van der Waals surface area (Å²) in [5, 5.41) is 4.27. The monoisotopic (exact) mass is 392 g/mol. The number of nitrogens with one attached hydrogen (secondary N) is 2. The molecule has 0 spiro atoms. The Morgan fingerprint density at radius 2 is 1.79 bits per heavy atom. The Hall–Kier alpha value is -2.40. The molecule has 2 heterocycles. The van der Waals surface area contributed by atoms with E-state index in [-0.39, 0.29) is 0 Å². The fourth-order valence-electron chi connectivity index (χ4n) is 3.92. The first-order chi connectivity index (χ1) is 13.4. The number of imidazole rings is 1. The van der Waals surface area contributed by atoms with Crippen LogP contribution in [-0.4, -0.2) is 33.1 Å². The van der Waals surface area contributed by atoms with E-state index in [1.807, 2.05) is 0 Å². The molecule has 1 saturated heterocycles. The molecule has 146 valence electrons. The molecular weight excluding hydrogens is 364 g/mol. The molecule has 1 fully saturated rings. The fourth-order valence-corrected chi connectivity index (χ4v) is 4.21. The lowest BCUT2D eigenvalue weighted by molar-refractivity contribution is 0.311. The number of fused-ring (bicyclic) bond motifs is 1. The molecule has 0 saturated carbocycles. The van der Waals surface area contributed by atoms with E-state index < -0.39 is 0 Å². The number of nitrogens with zero attached hydrogens (tertiary/aromatic N) is 2. The number of benzene rings is 2. The summed E-state index contributed by atoms with van der Waals surface area (Å²) >= 11 is 5.69. The minimum atomic E-state index is 0.466. The largest absolute Gasteiger partial charge is 0.349 e. The molecule has 0 unspecified atom stereocenters. The van der Waals surface area contributed by atoms with E-state index in [1.54, 1.807) is 0 Å². The maximum atomic E-state index is 5.69. The van der Waals surface area contributed by atoms with Gasteiger partial charge in [-0.3, -0.25) is 0 Å². The van der Waals surface area contributed by atoms with Crippen molar-refractivity contribution in [2.24, 2.45) is 0 Å². The SMILES string of the molecule is Cc1cc2nc(C3CCN(C(=S)Nc4cccc(C)c4C)CC3)[nH]c2cc1C. The second-order valence-electron chi connectivity index (χ2n) is 8.01. The van der Waals surface area contributed by atoms with Crippen molar-refractivity contribution in [3.63, 3.8) is 0 Å². The third kappa shape index (κ3) is 3.63. The molecule has 0 atom stereocenters. The summed E-state index contributed by atoms with van der Waals surface area (Å²) in [6.07, 6.45) is 2.12. The van der Waals surface area contributed by atoms with Gasteiger partial charge in [0.05, 0.1) is 11.0 Å². The number of aromatic amines is 1. The number of piperidine rings is 1. The van der Waals surface area contributed by atoms with Crippen molar-refractivity contribution in [2.45, 2.75) is 46.5 Å². The number of aromatic nitrogens is 2. The molecule has 1 aromatic heterocycles. The third-order valence-electron chi connectivity index (χ3n) is 6.13. The van der Waals surface area contributed by atoms with Crippen LogP contribution in [0.5, 0.6) is 0 Å². The van der Waals surface area contributed by atoms with Gasteiger partial charge in [0.1, 0.15) is 5.82 Å². The Morgan fingerprint density at radius 3 is 2.54 bits per heavy atom. The normalized spacial score (nSPS) is 15.2. The number of hydrogen-bond acceptors (Lipinski definition) is 2. The minimum absolute atomic E-state index is 0.466. The van der Waals surface area contributed by atoms with E-state index in [0.29, 0.717) is 5.92 Å². The summed E-state index contributed by atoms with van der Waals surface area (Å²) in [6, 6.07) is 10.7. The molecule has 0 amide bonds. The molecule has 0 bridgehead atoms. The number of thiocarbonyl (C=S) groups is 1. The minimum Gasteiger partial charge on any atom is -0.349 e. The molecule has 1 aliphatic rings. The summed E-state index contributed by atoms with van der Waals surface area (Å²) in [5.41, 5.74) is 8.47. The smallest absolute Gasteiger partial charge is 0.173 e. The lowest BCUT2D eigenvalue weighted by atomic mass is 9.96. The average molecular weight is 393 g/mol. The van der Waals surface area contributed by atoms with Crippen LogP contribution < -0.4 is 5.32 Å². The van der Waals surface area contributed by atoms with E-state index in [2.05, 4.69) is 73.2 Å². The van der Waals surface area contributed by atoms with Crippen LogP contribution in [0.3, 0.4) is 0 Å². The molecule has 4 rings (SSSR count). The molecule has 3 aromatic rings. The Kier molecular flexibility index (Phi) is 5.11. The first-order valence-electron chi connectivity index (χ1n) is 10.0. The number of rotatable bonds is 2. The average Bonchev–Trinajstić information content (AvgIpc) is 3.08. The van der Waals surface area contributed by atoms with E-state index >= 15 is 0 Å². The van der Waals surface area contributed by atoms with Gasteiger partial charge in [-0.1, -0.05) is 12.1 Å². The number of aryl methyl sites for hydroxylation is 3. The molecule has 0 aliphatic carbocycles. The predicted molar refractivity (Wildman–Crippen MR) is 121 cm³/mol. The van der Waals surface area contributed by atoms with Gasteiger partial charge >= 0.3 is 0 Å². The molecule has 5 heteroatoms. The van der Waals surface area contributed by atoms with Gasteiger partial charge in [0.25, 0.3) is 0 Å². The van der Waals surface area contributed by atoms with Gasteiger partial charge in [0.2, 0.25) is 0 Å². The Balaban J connectivity index is 1.41. The lowest BCUT2D eigenvalue weighted by Crippen LogP contribution is -2.40. The molecule has 1 aliphatic heterocycles. The Labute approximate surface area is 172 Å². The Morgan fingerprint density at radius 1 is 1.07 bits per heavy atom. The van der Waals surface area contributed by atoms with Gasteiger partial charge < -0.3 is 15.2 Å².